The van der Waals surface area contributed by atoms with Crippen molar-refractivity contribution < 1.29 is 13.2 Å². The summed E-state index contributed by atoms with van der Waals surface area (Å²) in [6, 6.07) is 0.183. The van der Waals surface area contributed by atoms with Crippen molar-refractivity contribution in [1.82, 2.24) is 5.43 Å². The summed E-state index contributed by atoms with van der Waals surface area (Å²) in [5.41, 5.74) is 2.87. The van der Waals surface area contributed by atoms with Gasteiger partial charge in [-0.25, -0.2) is 8.42 Å². The lowest BCUT2D eigenvalue weighted by atomic mass is 9.82. The molecule has 0 spiro atoms. The monoisotopic (exact) mass is 292 g/mol. The third kappa shape index (κ3) is 5.38. The van der Waals surface area contributed by atoms with E-state index in [-0.39, 0.29) is 17.4 Å². The Morgan fingerprint density at radius 1 is 1.37 bits per heavy atom. The summed E-state index contributed by atoms with van der Waals surface area (Å²) < 4.78 is 28.6. The summed E-state index contributed by atoms with van der Waals surface area (Å²) >= 11 is 0. The molecule has 1 rings (SSSR count). The van der Waals surface area contributed by atoms with Crippen LogP contribution in [0, 0.1) is 5.92 Å². The van der Waals surface area contributed by atoms with Gasteiger partial charge in [-0.05, 0) is 44.9 Å². The van der Waals surface area contributed by atoms with E-state index in [1.54, 1.807) is 7.11 Å². The normalized spacial score (nSPS) is 28.0. The maximum absolute atomic E-state index is 11.7. The molecule has 0 aromatic heterocycles. The highest BCUT2D eigenvalue weighted by Crippen LogP contribution is 2.32. The molecule has 1 aliphatic rings. The molecule has 0 bridgehead atoms. The molecule has 0 aromatic rings. The SMILES string of the molecule is COC(C)CCC(NN)C1CCCC(S(C)(=O)=O)C1. The summed E-state index contributed by atoms with van der Waals surface area (Å²) in [5.74, 6) is 6.00. The molecule has 4 atom stereocenters. The second-order valence-corrected chi connectivity index (χ2v) is 8.10. The largest absolute Gasteiger partial charge is 0.382 e. The molecule has 4 unspecified atom stereocenters. The van der Waals surface area contributed by atoms with Crippen LogP contribution in [0.15, 0.2) is 0 Å². The van der Waals surface area contributed by atoms with Crippen LogP contribution in [0.1, 0.15) is 45.4 Å². The van der Waals surface area contributed by atoms with Gasteiger partial charge >= 0.3 is 0 Å². The van der Waals surface area contributed by atoms with Crippen LogP contribution in [0.5, 0.6) is 0 Å². The number of hydrogen-bond donors (Lipinski definition) is 2. The van der Waals surface area contributed by atoms with Crippen LogP contribution in [0.3, 0.4) is 0 Å². The maximum Gasteiger partial charge on any atom is 0.150 e. The second-order valence-electron chi connectivity index (χ2n) is 5.78. The van der Waals surface area contributed by atoms with Gasteiger partial charge in [0.15, 0.2) is 0 Å². The Bertz CT molecular complexity index is 359. The van der Waals surface area contributed by atoms with E-state index in [0.29, 0.717) is 5.92 Å². The first kappa shape index (κ1) is 16.9. The van der Waals surface area contributed by atoms with E-state index < -0.39 is 9.84 Å². The fraction of sp³-hybridized carbons (Fsp3) is 1.00. The molecular weight excluding hydrogens is 264 g/mol. The van der Waals surface area contributed by atoms with Gasteiger partial charge in [0.25, 0.3) is 0 Å². The van der Waals surface area contributed by atoms with Crippen molar-refractivity contribution in [2.75, 3.05) is 13.4 Å². The number of rotatable bonds is 7. The van der Waals surface area contributed by atoms with Gasteiger partial charge < -0.3 is 4.74 Å². The Morgan fingerprint density at radius 2 is 2.05 bits per heavy atom. The van der Waals surface area contributed by atoms with E-state index in [9.17, 15) is 8.42 Å². The van der Waals surface area contributed by atoms with Gasteiger partial charge in [-0.2, -0.15) is 0 Å². The van der Waals surface area contributed by atoms with Crippen molar-refractivity contribution >= 4 is 9.84 Å². The zero-order valence-corrected chi connectivity index (χ0v) is 13.1. The summed E-state index contributed by atoms with van der Waals surface area (Å²) in [6.45, 7) is 2.04. The average molecular weight is 292 g/mol. The lowest BCUT2D eigenvalue weighted by Crippen LogP contribution is -2.44. The smallest absolute Gasteiger partial charge is 0.150 e. The molecule has 0 saturated heterocycles. The van der Waals surface area contributed by atoms with E-state index in [4.69, 9.17) is 10.6 Å². The van der Waals surface area contributed by atoms with Crippen LogP contribution >= 0.6 is 0 Å². The van der Waals surface area contributed by atoms with Crippen molar-refractivity contribution in [1.29, 1.82) is 0 Å². The molecule has 0 radical (unpaired) electrons. The first-order valence-electron chi connectivity index (χ1n) is 7.06. The lowest BCUT2D eigenvalue weighted by Gasteiger charge is -2.34. The third-order valence-electron chi connectivity index (χ3n) is 4.34. The highest BCUT2D eigenvalue weighted by Gasteiger charge is 2.32. The molecule has 5 nitrogen and oxygen atoms in total. The lowest BCUT2D eigenvalue weighted by molar-refractivity contribution is 0.101. The van der Waals surface area contributed by atoms with E-state index >= 15 is 0 Å². The summed E-state index contributed by atoms with van der Waals surface area (Å²) in [6.07, 6.45) is 6.97. The van der Waals surface area contributed by atoms with Gasteiger partial charge in [0, 0.05) is 19.4 Å². The van der Waals surface area contributed by atoms with E-state index in [0.717, 1.165) is 38.5 Å². The maximum atomic E-state index is 11.7. The van der Waals surface area contributed by atoms with Crippen LogP contribution in [-0.2, 0) is 14.6 Å². The van der Waals surface area contributed by atoms with Gasteiger partial charge in [0.1, 0.15) is 9.84 Å². The third-order valence-corrected chi connectivity index (χ3v) is 5.98. The fourth-order valence-electron chi connectivity index (χ4n) is 2.92. The van der Waals surface area contributed by atoms with Crippen LogP contribution in [-0.4, -0.2) is 39.2 Å². The van der Waals surface area contributed by atoms with Gasteiger partial charge in [-0.3, -0.25) is 11.3 Å². The van der Waals surface area contributed by atoms with Crippen LogP contribution in [0.4, 0.5) is 0 Å². The molecule has 0 aliphatic heterocycles. The van der Waals surface area contributed by atoms with E-state index in [1.807, 2.05) is 6.92 Å². The number of hydrogen-bond acceptors (Lipinski definition) is 5. The molecule has 0 heterocycles. The number of nitrogens with two attached hydrogens (primary N) is 1. The number of ether oxygens (including phenoxy) is 1. The van der Waals surface area contributed by atoms with E-state index in [1.165, 1.54) is 6.26 Å². The van der Waals surface area contributed by atoms with Gasteiger partial charge in [0.05, 0.1) is 11.4 Å². The van der Waals surface area contributed by atoms with Crippen LogP contribution < -0.4 is 11.3 Å². The standard InChI is InChI=1S/C13H28N2O3S/c1-10(18-2)7-8-13(15-14)11-5-4-6-12(9-11)19(3,16)17/h10-13,15H,4-9,14H2,1-3H3. The highest BCUT2D eigenvalue weighted by atomic mass is 32.2. The molecule has 0 amide bonds. The average Bonchev–Trinajstić information content (AvgIpc) is 2.38. The highest BCUT2D eigenvalue weighted by molar-refractivity contribution is 7.91. The first-order chi connectivity index (χ1) is 8.88. The van der Waals surface area contributed by atoms with E-state index in [2.05, 4.69) is 5.43 Å². The van der Waals surface area contributed by atoms with Crippen molar-refractivity contribution in [3.8, 4) is 0 Å². The Labute approximate surface area is 117 Å². The zero-order chi connectivity index (χ0) is 14.5. The predicted octanol–water partition coefficient (Wildman–Crippen LogP) is 1.24. The number of nitrogens with one attached hydrogen (secondary N) is 1. The molecule has 1 aliphatic carbocycles. The summed E-state index contributed by atoms with van der Waals surface area (Å²) in [7, 11) is -1.23. The molecule has 0 aromatic carbocycles. The van der Waals surface area contributed by atoms with Gasteiger partial charge in [-0.1, -0.05) is 6.42 Å². The minimum Gasteiger partial charge on any atom is -0.382 e. The van der Waals surface area contributed by atoms with Gasteiger partial charge in [0.2, 0.25) is 0 Å². The predicted molar refractivity (Wildman–Crippen MR) is 77.4 cm³/mol. The van der Waals surface area contributed by atoms with Crippen molar-refractivity contribution in [3.05, 3.63) is 0 Å². The zero-order valence-electron chi connectivity index (χ0n) is 12.3. The summed E-state index contributed by atoms with van der Waals surface area (Å²) in [5, 5.41) is -0.193. The molecule has 114 valence electrons. The Morgan fingerprint density at radius 3 is 2.58 bits per heavy atom. The van der Waals surface area contributed by atoms with Crippen molar-refractivity contribution in [3.63, 3.8) is 0 Å². The van der Waals surface area contributed by atoms with Crippen LogP contribution in [0.2, 0.25) is 0 Å². The molecular formula is C13H28N2O3S. The topological polar surface area (TPSA) is 81.4 Å². The van der Waals surface area contributed by atoms with Crippen LogP contribution in [0.25, 0.3) is 0 Å². The number of hydrazine groups is 1. The number of sulfone groups is 1. The minimum absolute atomic E-state index is 0.183. The summed E-state index contributed by atoms with van der Waals surface area (Å²) in [4.78, 5) is 0. The minimum atomic E-state index is -2.93. The molecule has 6 heteroatoms. The molecule has 19 heavy (non-hydrogen) atoms. The fourth-order valence-corrected chi connectivity index (χ4v) is 4.11. The van der Waals surface area contributed by atoms with Gasteiger partial charge in [-0.15, -0.1) is 0 Å². The van der Waals surface area contributed by atoms with Crippen molar-refractivity contribution in [2.45, 2.75) is 62.8 Å². The number of methoxy groups -OCH3 is 1. The van der Waals surface area contributed by atoms with Crippen molar-refractivity contribution in [2.24, 2.45) is 11.8 Å². The molecule has 1 saturated carbocycles. The second kappa shape index (κ2) is 7.57. The first-order valence-corrected chi connectivity index (χ1v) is 9.01. The quantitative estimate of drug-likeness (QED) is 0.545. The molecule has 1 fully saturated rings. The Balaban J connectivity index is 2.55. The Kier molecular flexibility index (Phi) is 6.73. The Hall–Kier alpha value is -0.170. The molecule has 3 N–H and O–H groups in total.